The van der Waals surface area contributed by atoms with Gasteiger partial charge in [0, 0.05) is 23.4 Å². The number of halogens is 2. The first-order chi connectivity index (χ1) is 17.9. The summed E-state index contributed by atoms with van der Waals surface area (Å²) in [5.74, 6) is 0.919. The van der Waals surface area contributed by atoms with Crippen molar-refractivity contribution in [2.24, 2.45) is 11.7 Å². The van der Waals surface area contributed by atoms with Gasteiger partial charge in [-0.05, 0) is 69.8 Å². The molecule has 1 amide bonds. The molecule has 10 heteroatoms. The maximum atomic E-state index is 14.5. The van der Waals surface area contributed by atoms with Gasteiger partial charge in [0.15, 0.2) is 17.3 Å². The first-order valence-corrected chi connectivity index (χ1v) is 13.0. The molecule has 0 atom stereocenters. The van der Waals surface area contributed by atoms with Gasteiger partial charge in [-0.3, -0.25) is 4.79 Å². The number of hydrogen-bond acceptors (Lipinski definition) is 7. The molecule has 2 aliphatic rings. The molecule has 2 fully saturated rings. The zero-order valence-corrected chi connectivity index (χ0v) is 21.5. The van der Waals surface area contributed by atoms with Crippen molar-refractivity contribution in [1.82, 2.24) is 14.9 Å². The van der Waals surface area contributed by atoms with Crippen molar-refractivity contribution in [3.63, 3.8) is 0 Å². The summed E-state index contributed by atoms with van der Waals surface area (Å²) in [6.07, 6.45) is 7.07. The van der Waals surface area contributed by atoms with Crippen molar-refractivity contribution in [2.75, 3.05) is 25.5 Å². The SMILES string of the molecule is COc1cc2ncnc(Nc3cccc(Cl)c3F)c2cc1OC1CCC(N2CCC(C(N)=O)CC2)CC1. The Balaban J connectivity index is 1.29. The second-order valence-corrected chi connectivity index (χ2v) is 10.1. The number of carbonyl (C=O) groups excluding carboxylic acids is 1. The van der Waals surface area contributed by atoms with E-state index in [0.29, 0.717) is 34.3 Å². The number of amides is 1. The Morgan fingerprint density at radius 1 is 1.11 bits per heavy atom. The highest BCUT2D eigenvalue weighted by Gasteiger charge is 2.31. The smallest absolute Gasteiger partial charge is 0.220 e. The minimum atomic E-state index is -0.545. The van der Waals surface area contributed by atoms with E-state index < -0.39 is 5.82 Å². The number of fused-ring (bicyclic) bond motifs is 1. The summed E-state index contributed by atoms with van der Waals surface area (Å²) in [6.45, 7) is 1.84. The van der Waals surface area contributed by atoms with Gasteiger partial charge in [-0.15, -0.1) is 0 Å². The van der Waals surface area contributed by atoms with Crippen LogP contribution in [0.4, 0.5) is 15.9 Å². The Morgan fingerprint density at radius 3 is 2.57 bits per heavy atom. The molecule has 2 heterocycles. The summed E-state index contributed by atoms with van der Waals surface area (Å²) in [4.78, 5) is 22.7. The number of primary amides is 1. The number of benzene rings is 2. The first kappa shape index (κ1) is 25.5. The van der Waals surface area contributed by atoms with Gasteiger partial charge in [-0.25, -0.2) is 14.4 Å². The fraction of sp³-hybridized carbons (Fsp3) is 0.444. The lowest BCUT2D eigenvalue weighted by Crippen LogP contribution is -2.46. The summed E-state index contributed by atoms with van der Waals surface area (Å²) in [6, 6.07) is 8.93. The minimum absolute atomic E-state index is 0.00928. The number of methoxy groups -OCH3 is 1. The summed E-state index contributed by atoms with van der Waals surface area (Å²) in [5.41, 5.74) is 6.35. The van der Waals surface area contributed by atoms with Crippen molar-refractivity contribution in [3.05, 3.63) is 47.5 Å². The predicted molar refractivity (Wildman–Crippen MR) is 141 cm³/mol. The molecule has 2 aromatic carbocycles. The lowest BCUT2D eigenvalue weighted by Gasteiger charge is -2.40. The van der Waals surface area contributed by atoms with Crippen LogP contribution in [-0.4, -0.2) is 53.1 Å². The summed E-state index contributed by atoms with van der Waals surface area (Å²) < 4.78 is 26.5. The molecule has 1 aromatic heterocycles. The van der Waals surface area contributed by atoms with Crippen molar-refractivity contribution in [3.8, 4) is 11.5 Å². The molecule has 1 aliphatic carbocycles. The molecular weight excluding hydrogens is 497 g/mol. The average Bonchev–Trinajstić information content (AvgIpc) is 2.91. The summed E-state index contributed by atoms with van der Waals surface area (Å²) in [5, 5.41) is 3.75. The van der Waals surface area contributed by atoms with Crippen LogP contribution in [0.3, 0.4) is 0 Å². The maximum absolute atomic E-state index is 14.5. The van der Waals surface area contributed by atoms with Crippen LogP contribution < -0.4 is 20.5 Å². The van der Waals surface area contributed by atoms with Crippen LogP contribution in [0.2, 0.25) is 5.02 Å². The van der Waals surface area contributed by atoms with Gasteiger partial charge in [0.25, 0.3) is 0 Å². The number of nitrogens with one attached hydrogen (secondary N) is 1. The van der Waals surface area contributed by atoms with Crippen LogP contribution in [0.25, 0.3) is 10.9 Å². The molecule has 196 valence electrons. The second-order valence-electron chi connectivity index (χ2n) is 9.73. The van der Waals surface area contributed by atoms with E-state index in [9.17, 15) is 9.18 Å². The molecule has 8 nitrogen and oxygen atoms in total. The van der Waals surface area contributed by atoms with Gasteiger partial charge in [-0.2, -0.15) is 0 Å². The van der Waals surface area contributed by atoms with E-state index in [1.165, 1.54) is 12.4 Å². The zero-order chi connectivity index (χ0) is 25.9. The highest BCUT2D eigenvalue weighted by Crippen LogP contribution is 2.38. The number of anilines is 2. The zero-order valence-electron chi connectivity index (χ0n) is 20.8. The fourth-order valence-corrected chi connectivity index (χ4v) is 5.57. The van der Waals surface area contributed by atoms with Crippen molar-refractivity contribution in [2.45, 2.75) is 50.7 Å². The van der Waals surface area contributed by atoms with Gasteiger partial charge in [0.05, 0.1) is 29.4 Å². The van der Waals surface area contributed by atoms with Crippen molar-refractivity contribution in [1.29, 1.82) is 0 Å². The molecular formula is C27H31ClFN5O3. The van der Waals surface area contributed by atoms with Crippen LogP contribution in [0.1, 0.15) is 38.5 Å². The van der Waals surface area contributed by atoms with Gasteiger partial charge < -0.3 is 25.4 Å². The second kappa shape index (κ2) is 11.1. The number of piperidine rings is 1. The lowest BCUT2D eigenvalue weighted by molar-refractivity contribution is -0.123. The van der Waals surface area contributed by atoms with Crippen LogP contribution in [-0.2, 0) is 4.79 Å². The third kappa shape index (κ3) is 5.57. The fourth-order valence-electron chi connectivity index (χ4n) is 5.40. The van der Waals surface area contributed by atoms with E-state index >= 15 is 0 Å². The summed E-state index contributed by atoms with van der Waals surface area (Å²) in [7, 11) is 1.60. The molecule has 1 aliphatic heterocycles. The number of hydrogen-bond donors (Lipinski definition) is 2. The Morgan fingerprint density at radius 2 is 1.86 bits per heavy atom. The molecule has 1 saturated heterocycles. The lowest BCUT2D eigenvalue weighted by atomic mass is 9.88. The van der Waals surface area contributed by atoms with Crippen LogP contribution in [0.5, 0.6) is 11.5 Å². The molecule has 3 aromatic rings. The Kier molecular flexibility index (Phi) is 7.62. The molecule has 5 rings (SSSR count). The Hall–Kier alpha value is -3.17. The third-order valence-corrected chi connectivity index (χ3v) is 7.80. The van der Waals surface area contributed by atoms with E-state index in [0.717, 1.165) is 51.6 Å². The topological polar surface area (TPSA) is 103 Å². The molecule has 1 saturated carbocycles. The first-order valence-electron chi connectivity index (χ1n) is 12.7. The van der Waals surface area contributed by atoms with Crippen LogP contribution >= 0.6 is 11.6 Å². The monoisotopic (exact) mass is 527 g/mol. The Labute approximate surface area is 220 Å². The Bertz CT molecular complexity index is 1280. The normalized spacial score (nSPS) is 21.1. The molecule has 0 bridgehead atoms. The number of carbonyl (C=O) groups is 1. The van der Waals surface area contributed by atoms with Crippen LogP contribution in [0.15, 0.2) is 36.7 Å². The number of nitrogens with two attached hydrogens (primary N) is 1. The van der Waals surface area contributed by atoms with E-state index in [4.69, 9.17) is 26.8 Å². The minimum Gasteiger partial charge on any atom is -0.493 e. The average molecular weight is 528 g/mol. The number of rotatable bonds is 7. The molecule has 37 heavy (non-hydrogen) atoms. The van der Waals surface area contributed by atoms with E-state index in [2.05, 4.69) is 20.2 Å². The predicted octanol–water partition coefficient (Wildman–Crippen LogP) is 5.06. The largest absolute Gasteiger partial charge is 0.493 e. The standard InChI is InChI=1S/C27H31ClFN5O3/c1-36-23-14-22-19(27(32-15-31-22)33-21-4-2-3-20(28)25(21)29)13-24(23)37-18-7-5-17(6-8-18)34-11-9-16(10-12-34)26(30)35/h2-4,13-18H,5-12H2,1H3,(H2,30,35)(H,31,32,33). The van der Waals surface area contributed by atoms with E-state index in [-0.39, 0.29) is 28.6 Å². The van der Waals surface area contributed by atoms with E-state index in [1.807, 2.05) is 6.07 Å². The quantitative estimate of drug-likeness (QED) is 0.442. The number of ether oxygens (including phenoxy) is 2. The third-order valence-electron chi connectivity index (χ3n) is 7.51. The highest BCUT2D eigenvalue weighted by atomic mass is 35.5. The van der Waals surface area contributed by atoms with Gasteiger partial charge in [0.1, 0.15) is 12.1 Å². The summed E-state index contributed by atoms with van der Waals surface area (Å²) >= 11 is 5.94. The maximum Gasteiger partial charge on any atom is 0.220 e. The number of nitrogens with zero attached hydrogens (tertiary/aromatic N) is 3. The number of aromatic nitrogens is 2. The van der Waals surface area contributed by atoms with Crippen LogP contribution in [0, 0.1) is 11.7 Å². The van der Waals surface area contributed by atoms with Gasteiger partial charge in [-0.1, -0.05) is 17.7 Å². The van der Waals surface area contributed by atoms with Gasteiger partial charge >= 0.3 is 0 Å². The molecule has 3 N–H and O–H groups in total. The highest BCUT2D eigenvalue weighted by molar-refractivity contribution is 6.31. The van der Waals surface area contributed by atoms with Crippen molar-refractivity contribution < 1.29 is 18.7 Å². The molecule has 0 radical (unpaired) electrons. The molecule has 0 unspecified atom stereocenters. The van der Waals surface area contributed by atoms with Crippen molar-refractivity contribution >= 4 is 39.9 Å². The molecule has 0 spiro atoms. The number of likely N-dealkylation sites (tertiary alicyclic amines) is 1. The van der Waals surface area contributed by atoms with E-state index in [1.54, 1.807) is 25.3 Å². The van der Waals surface area contributed by atoms with Gasteiger partial charge in [0.2, 0.25) is 5.91 Å².